The van der Waals surface area contributed by atoms with E-state index < -0.39 is 30.1 Å². The van der Waals surface area contributed by atoms with Crippen LogP contribution in [0.15, 0.2) is 24.5 Å². The Hall–Kier alpha value is -3.14. The number of amides is 2. The highest BCUT2D eigenvalue weighted by Gasteiger charge is 2.37. The van der Waals surface area contributed by atoms with Gasteiger partial charge in [0.15, 0.2) is 6.61 Å². The summed E-state index contributed by atoms with van der Waals surface area (Å²) >= 11 is 0. The standard InChI is InChI=1S/C22H26F2N4O4/c1-12-8-14(9-26-18(12)32-11-22(5,23)24)10-28-13(2)16-15(19(28)29)6-7-25-17(16)27-20(30)21(3,4)31/h6-9,13,31H,10-11H2,1-5H3,(H,25,27,30). The number of nitrogens with one attached hydrogen (secondary N) is 1. The molecule has 3 heterocycles. The SMILES string of the molecule is Cc1cc(CN2C(=O)c3ccnc(NC(=O)C(C)(C)O)c3C2C)cnc1OCC(C)(F)F. The van der Waals surface area contributed by atoms with Crippen molar-refractivity contribution in [3.63, 3.8) is 0 Å². The highest BCUT2D eigenvalue weighted by molar-refractivity contribution is 6.03. The maximum Gasteiger partial charge on any atom is 0.278 e. The molecule has 1 aliphatic heterocycles. The van der Waals surface area contributed by atoms with Gasteiger partial charge in [0, 0.05) is 37.0 Å². The second-order valence-electron chi connectivity index (χ2n) is 8.57. The summed E-state index contributed by atoms with van der Waals surface area (Å²) in [6.07, 6.45) is 2.91. The topological polar surface area (TPSA) is 105 Å². The van der Waals surface area contributed by atoms with Gasteiger partial charge in [-0.25, -0.2) is 18.7 Å². The van der Waals surface area contributed by atoms with Crippen molar-refractivity contribution in [2.75, 3.05) is 11.9 Å². The summed E-state index contributed by atoms with van der Waals surface area (Å²) in [5, 5.41) is 12.5. The second-order valence-corrected chi connectivity index (χ2v) is 8.57. The van der Waals surface area contributed by atoms with Crippen LogP contribution < -0.4 is 10.1 Å². The average Bonchev–Trinajstić information content (AvgIpc) is 2.91. The van der Waals surface area contributed by atoms with Crippen LogP contribution in [0.1, 0.15) is 60.8 Å². The first-order chi connectivity index (χ1) is 14.8. The normalized spacial score (nSPS) is 16.2. The number of rotatable bonds is 7. The molecule has 0 fully saturated rings. The molecule has 0 spiro atoms. The van der Waals surface area contributed by atoms with Crippen LogP contribution in [-0.4, -0.2) is 49.9 Å². The Kier molecular flexibility index (Phi) is 6.19. The van der Waals surface area contributed by atoms with Crippen molar-refractivity contribution in [3.05, 3.63) is 46.8 Å². The lowest BCUT2D eigenvalue weighted by Gasteiger charge is -2.23. The van der Waals surface area contributed by atoms with E-state index in [0.717, 1.165) is 6.92 Å². The zero-order valence-electron chi connectivity index (χ0n) is 18.6. The van der Waals surface area contributed by atoms with Crippen LogP contribution in [0.2, 0.25) is 0 Å². The molecule has 8 nitrogen and oxygen atoms in total. The molecule has 10 heteroatoms. The first kappa shape index (κ1) is 23.5. The predicted molar refractivity (Wildman–Crippen MR) is 113 cm³/mol. The fourth-order valence-electron chi connectivity index (χ4n) is 3.39. The van der Waals surface area contributed by atoms with E-state index in [1.807, 2.05) is 6.92 Å². The van der Waals surface area contributed by atoms with Gasteiger partial charge in [0.25, 0.3) is 17.7 Å². The molecular formula is C22H26F2N4O4. The van der Waals surface area contributed by atoms with Gasteiger partial charge < -0.3 is 20.1 Å². The number of carbonyl (C=O) groups is 2. The van der Waals surface area contributed by atoms with Gasteiger partial charge in [0.2, 0.25) is 5.88 Å². The van der Waals surface area contributed by atoms with Gasteiger partial charge in [-0.2, -0.15) is 0 Å². The number of anilines is 1. The maximum atomic E-state index is 13.0. The molecule has 2 N–H and O–H groups in total. The molecule has 3 rings (SSSR count). The van der Waals surface area contributed by atoms with E-state index in [-0.39, 0.29) is 24.1 Å². The van der Waals surface area contributed by atoms with Crippen molar-refractivity contribution in [2.24, 2.45) is 0 Å². The van der Waals surface area contributed by atoms with Gasteiger partial charge >= 0.3 is 0 Å². The molecule has 0 aromatic carbocycles. The summed E-state index contributed by atoms with van der Waals surface area (Å²) in [7, 11) is 0. The molecule has 2 aromatic heterocycles. The van der Waals surface area contributed by atoms with Crippen molar-refractivity contribution in [3.8, 4) is 5.88 Å². The average molecular weight is 448 g/mol. The number of aliphatic hydroxyl groups is 1. The monoisotopic (exact) mass is 448 g/mol. The van der Waals surface area contributed by atoms with Crippen molar-refractivity contribution < 1.29 is 28.2 Å². The van der Waals surface area contributed by atoms with Crippen LogP contribution in [0.4, 0.5) is 14.6 Å². The summed E-state index contributed by atoms with van der Waals surface area (Å²) in [5.74, 6) is -3.51. The van der Waals surface area contributed by atoms with Crippen LogP contribution in [0, 0.1) is 6.92 Å². The molecule has 0 aliphatic carbocycles. The molecule has 32 heavy (non-hydrogen) atoms. The molecule has 0 saturated heterocycles. The molecule has 0 bridgehead atoms. The molecule has 1 unspecified atom stereocenters. The van der Waals surface area contributed by atoms with E-state index in [9.17, 15) is 23.5 Å². The molecule has 2 aromatic rings. The van der Waals surface area contributed by atoms with E-state index in [1.54, 1.807) is 24.0 Å². The molecule has 172 valence electrons. The maximum absolute atomic E-state index is 13.0. The highest BCUT2D eigenvalue weighted by atomic mass is 19.3. The second kappa shape index (κ2) is 8.42. The van der Waals surface area contributed by atoms with Crippen molar-refractivity contribution >= 4 is 17.6 Å². The quantitative estimate of drug-likeness (QED) is 0.674. The molecule has 0 radical (unpaired) electrons. The largest absolute Gasteiger partial charge is 0.471 e. The van der Waals surface area contributed by atoms with Crippen LogP contribution in [-0.2, 0) is 11.3 Å². The third-order valence-electron chi connectivity index (χ3n) is 5.06. The van der Waals surface area contributed by atoms with Gasteiger partial charge in [-0.05, 0) is 45.4 Å². The lowest BCUT2D eigenvalue weighted by atomic mass is 10.1. The third kappa shape index (κ3) is 5.01. The Morgan fingerprint density at radius 2 is 2.00 bits per heavy atom. The van der Waals surface area contributed by atoms with E-state index in [1.165, 1.54) is 26.2 Å². The number of aromatic nitrogens is 2. The molecule has 1 atom stereocenters. The van der Waals surface area contributed by atoms with Crippen LogP contribution >= 0.6 is 0 Å². The first-order valence-electron chi connectivity index (χ1n) is 10.1. The molecule has 2 amide bonds. The Morgan fingerprint density at radius 3 is 2.59 bits per heavy atom. The van der Waals surface area contributed by atoms with E-state index in [2.05, 4.69) is 15.3 Å². The Morgan fingerprint density at radius 1 is 1.31 bits per heavy atom. The fraction of sp³-hybridized carbons (Fsp3) is 0.455. The van der Waals surface area contributed by atoms with Crippen LogP contribution in [0.3, 0.4) is 0 Å². The van der Waals surface area contributed by atoms with E-state index in [4.69, 9.17) is 4.74 Å². The minimum absolute atomic E-state index is 0.111. The Labute approximate surface area is 184 Å². The molecule has 0 saturated carbocycles. The smallest absolute Gasteiger partial charge is 0.278 e. The zero-order chi connectivity index (χ0) is 23.8. The summed E-state index contributed by atoms with van der Waals surface area (Å²) in [4.78, 5) is 35.1. The van der Waals surface area contributed by atoms with Gasteiger partial charge in [-0.3, -0.25) is 9.59 Å². The van der Waals surface area contributed by atoms with E-state index in [0.29, 0.717) is 22.3 Å². The number of hydrogen-bond acceptors (Lipinski definition) is 6. The number of pyridine rings is 2. The Balaban J connectivity index is 1.80. The zero-order valence-corrected chi connectivity index (χ0v) is 18.6. The number of ether oxygens (including phenoxy) is 1. The molecule has 1 aliphatic rings. The Bertz CT molecular complexity index is 1050. The van der Waals surface area contributed by atoms with Crippen molar-refractivity contribution in [2.45, 2.75) is 58.7 Å². The van der Waals surface area contributed by atoms with Crippen molar-refractivity contribution in [1.29, 1.82) is 0 Å². The number of hydrogen-bond donors (Lipinski definition) is 2. The predicted octanol–water partition coefficient (Wildman–Crippen LogP) is 3.25. The summed E-state index contributed by atoms with van der Waals surface area (Å²) in [6.45, 7) is 6.42. The number of nitrogens with zero attached hydrogens (tertiary/aromatic N) is 3. The summed E-state index contributed by atoms with van der Waals surface area (Å²) in [6, 6.07) is 2.91. The van der Waals surface area contributed by atoms with Crippen molar-refractivity contribution in [1.82, 2.24) is 14.9 Å². The number of aryl methyl sites for hydroxylation is 1. The fourth-order valence-corrected chi connectivity index (χ4v) is 3.39. The van der Waals surface area contributed by atoms with Crippen LogP contribution in [0.5, 0.6) is 5.88 Å². The summed E-state index contributed by atoms with van der Waals surface area (Å²) in [5.41, 5.74) is 0.632. The number of halogens is 2. The minimum atomic E-state index is -2.97. The number of alkyl halides is 2. The van der Waals surface area contributed by atoms with Gasteiger partial charge in [-0.15, -0.1) is 0 Å². The minimum Gasteiger partial charge on any atom is -0.471 e. The third-order valence-corrected chi connectivity index (χ3v) is 5.06. The molecular weight excluding hydrogens is 422 g/mol. The number of fused-ring (bicyclic) bond motifs is 1. The van der Waals surface area contributed by atoms with Crippen LogP contribution in [0.25, 0.3) is 0 Å². The van der Waals surface area contributed by atoms with E-state index >= 15 is 0 Å². The number of carbonyl (C=O) groups excluding carboxylic acids is 2. The highest BCUT2D eigenvalue weighted by Crippen LogP contribution is 2.38. The van der Waals surface area contributed by atoms with Gasteiger partial charge in [0.1, 0.15) is 11.4 Å². The lowest BCUT2D eigenvalue weighted by molar-refractivity contribution is -0.130. The van der Waals surface area contributed by atoms with Gasteiger partial charge in [0.05, 0.1) is 11.6 Å². The lowest BCUT2D eigenvalue weighted by Crippen LogP contribution is -2.37. The van der Waals surface area contributed by atoms with Gasteiger partial charge in [-0.1, -0.05) is 0 Å². The first-order valence-corrected chi connectivity index (χ1v) is 10.1. The summed E-state index contributed by atoms with van der Waals surface area (Å²) < 4.78 is 31.2.